The van der Waals surface area contributed by atoms with Gasteiger partial charge in [0.1, 0.15) is 0 Å². The minimum Gasteiger partial charge on any atom is -0.143 e. The average molecular weight is 447 g/mol. The van der Waals surface area contributed by atoms with Crippen LogP contribution < -0.4 is 0 Å². The Bertz CT molecular complexity index is 1470. The zero-order valence-corrected chi connectivity index (χ0v) is 19.5. The van der Waals surface area contributed by atoms with Crippen molar-refractivity contribution in [3.05, 3.63) is 62.8 Å². The Morgan fingerprint density at radius 3 is 2.28 bits per heavy atom. The van der Waals surface area contributed by atoms with Gasteiger partial charge in [-0.25, -0.2) is 0 Å². The van der Waals surface area contributed by atoms with Crippen molar-refractivity contribution in [2.45, 2.75) is 31.6 Å². The molecule has 0 fully saturated rings. The molecule has 0 bridgehead atoms. The highest BCUT2D eigenvalue weighted by molar-refractivity contribution is 7.99. The van der Waals surface area contributed by atoms with Crippen LogP contribution in [0.4, 0.5) is 0 Å². The van der Waals surface area contributed by atoms with Crippen LogP contribution in [-0.4, -0.2) is 5.75 Å². The van der Waals surface area contributed by atoms with Gasteiger partial charge in [0.2, 0.25) is 0 Å². The molecule has 0 radical (unpaired) electrons. The molecule has 0 spiro atoms. The first kappa shape index (κ1) is 17.1. The lowest BCUT2D eigenvalue weighted by Crippen LogP contribution is -2.05. The van der Waals surface area contributed by atoms with Gasteiger partial charge in [0.15, 0.2) is 0 Å². The van der Waals surface area contributed by atoms with E-state index in [-0.39, 0.29) is 0 Å². The van der Waals surface area contributed by atoms with Gasteiger partial charge in [-0.05, 0) is 57.1 Å². The first-order chi connectivity index (χ1) is 14.2. The molecule has 0 saturated carbocycles. The van der Waals surface area contributed by atoms with Gasteiger partial charge in [0.25, 0.3) is 0 Å². The Morgan fingerprint density at radius 1 is 0.862 bits per heavy atom. The summed E-state index contributed by atoms with van der Waals surface area (Å²) in [7, 11) is 0. The second kappa shape index (κ2) is 5.98. The number of thioether (sulfide) groups is 1. The van der Waals surface area contributed by atoms with E-state index < -0.39 is 0 Å². The molecule has 3 aromatic heterocycles. The van der Waals surface area contributed by atoms with E-state index in [0.717, 1.165) is 18.6 Å². The number of thiophene rings is 3. The lowest BCUT2D eigenvalue weighted by atomic mass is 9.80. The molecule has 0 amide bonds. The number of hydrogen-bond acceptors (Lipinski definition) is 4. The molecule has 0 N–H and O–H groups in total. The Kier molecular flexibility index (Phi) is 3.53. The van der Waals surface area contributed by atoms with E-state index in [9.17, 15) is 0 Å². The lowest BCUT2D eigenvalue weighted by molar-refractivity contribution is 1.14. The molecule has 0 aliphatic heterocycles. The fraction of sp³-hybridized carbons (Fsp3) is 0.200. The Labute approximate surface area is 186 Å². The zero-order chi connectivity index (χ0) is 19.3. The summed E-state index contributed by atoms with van der Waals surface area (Å²) in [5.41, 5.74) is 9.10. The Balaban J connectivity index is 1.56. The van der Waals surface area contributed by atoms with Crippen molar-refractivity contribution in [3.63, 3.8) is 0 Å². The average Bonchev–Trinajstić information content (AvgIpc) is 3.40. The summed E-state index contributed by atoms with van der Waals surface area (Å²) in [6.45, 7) is 4.57. The summed E-state index contributed by atoms with van der Waals surface area (Å²) in [5.74, 6) is 1.14. The molecule has 2 aliphatic rings. The summed E-state index contributed by atoms with van der Waals surface area (Å²) in [5, 5.41) is 5.30. The minimum atomic E-state index is 1.08. The van der Waals surface area contributed by atoms with Gasteiger partial charge in [0, 0.05) is 52.9 Å². The van der Waals surface area contributed by atoms with Crippen LogP contribution in [0, 0.1) is 6.92 Å². The number of rotatable bonds is 2. The summed E-state index contributed by atoms with van der Waals surface area (Å²) in [6.07, 6.45) is 2.16. The van der Waals surface area contributed by atoms with E-state index in [4.69, 9.17) is 0 Å². The van der Waals surface area contributed by atoms with Crippen molar-refractivity contribution in [1.29, 1.82) is 0 Å². The third kappa shape index (κ3) is 2.16. The van der Waals surface area contributed by atoms with Gasteiger partial charge >= 0.3 is 0 Å². The standard InChI is InChI=1S/C25H18S4/c1-3-26-22-12(2)28-23-15-6-4-14-11-18-24(29-19-8-9-27-25(18)19)16-7-5-13(10-17(22)23)20(15)21(14)16/h4-9H,3,10-11H2,1-2H3. The second-order valence-electron chi connectivity index (χ2n) is 7.90. The molecule has 3 heterocycles. The van der Waals surface area contributed by atoms with Crippen molar-refractivity contribution in [2.24, 2.45) is 0 Å². The largest absolute Gasteiger partial charge is 0.143 e. The van der Waals surface area contributed by atoms with E-state index in [0.29, 0.717) is 0 Å². The third-order valence-corrected chi connectivity index (χ3v) is 11.1. The van der Waals surface area contributed by atoms with E-state index in [2.05, 4.69) is 49.6 Å². The fourth-order valence-corrected chi connectivity index (χ4v) is 9.95. The topological polar surface area (TPSA) is 0 Å². The minimum absolute atomic E-state index is 1.08. The van der Waals surface area contributed by atoms with Gasteiger partial charge in [-0.2, -0.15) is 0 Å². The number of aryl methyl sites for hydroxylation is 1. The summed E-state index contributed by atoms with van der Waals surface area (Å²) < 4.78 is 2.95. The molecular formula is C25H18S4. The maximum atomic E-state index is 2.42. The van der Waals surface area contributed by atoms with Crippen LogP contribution in [-0.2, 0) is 12.8 Å². The van der Waals surface area contributed by atoms with Crippen LogP contribution in [0.1, 0.15) is 34.1 Å². The highest BCUT2D eigenvalue weighted by atomic mass is 32.2. The predicted molar refractivity (Wildman–Crippen MR) is 133 cm³/mol. The summed E-state index contributed by atoms with van der Waals surface area (Å²) in [6, 6.07) is 12.0. The molecular weight excluding hydrogens is 429 g/mol. The molecule has 4 heteroatoms. The lowest BCUT2D eigenvalue weighted by Gasteiger charge is -2.25. The van der Waals surface area contributed by atoms with Crippen molar-refractivity contribution >= 4 is 65.9 Å². The smallest absolute Gasteiger partial charge is 0.0492 e. The molecule has 2 aromatic carbocycles. The van der Waals surface area contributed by atoms with Crippen LogP contribution in [0.2, 0.25) is 0 Å². The van der Waals surface area contributed by atoms with E-state index >= 15 is 0 Å². The fourth-order valence-electron chi connectivity index (χ4n) is 5.23. The van der Waals surface area contributed by atoms with Gasteiger partial charge in [-0.3, -0.25) is 0 Å². The van der Waals surface area contributed by atoms with Gasteiger partial charge in [-0.15, -0.1) is 45.8 Å². The van der Waals surface area contributed by atoms with Crippen LogP contribution >= 0.6 is 45.8 Å². The van der Waals surface area contributed by atoms with E-state index in [1.54, 1.807) is 11.1 Å². The zero-order valence-electron chi connectivity index (χ0n) is 16.2. The molecule has 142 valence electrons. The highest BCUT2D eigenvalue weighted by Gasteiger charge is 2.30. The van der Waals surface area contributed by atoms with Crippen LogP contribution in [0.3, 0.4) is 0 Å². The van der Waals surface area contributed by atoms with Gasteiger partial charge in [0.05, 0.1) is 0 Å². The summed E-state index contributed by atoms with van der Waals surface area (Å²) >= 11 is 7.91. The SMILES string of the molecule is CCSc1c(C)sc2c1Cc1ccc3c4c(ccc-2c14)Cc1c-3sc2ccsc12. The molecule has 2 aliphatic carbocycles. The third-order valence-electron chi connectivity index (χ3n) is 6.36. The molecule has 0 atom stereocenters. The van der Waals surface area contributed by atoms with E-state index in [1.807, 2.05) is 45.8 Å². The van der Waals surface area contributed by atoms with Crippen LogP contribution in [0.5, 0.6) is 0 Å². The molecule has 0 saturated heterocycles. The van der Waals surface area contributed by atoms with Crippen molar-refractivity contribution < 1.29 is 0 Å². The maximum Gasteiger partial charge on any atom is 0.0492 e. The molecule has 29 heavy (non-hydrogen) atoms. The van der Waals surface area contributed by atoms with E-state index in [1.165, 1.54) is 62.0 Å². The molecule has 0 nitrogen and oxygen atoms in total. The second-order valence-corrected chi connectivity index (χ2v) is 12.4. The van der Waals surface area contributed by atoms with Crippen molar-refractivity contribution in [2.75, 3.05) is 5.75 Å². The first-order valence-electron chi connectivity index (χ1n) is 10.1. The van der Waals surface area contributed by atoms with Gasteiger partial charge in [-0.1, -0.05) is 31.2 Å². The van der Waals surface area contributed by atoms with Crippen molar-refractivity contribution in [3.8, 4) is 20.9 Å². The monoisotopic (exact) mass is 446 g/mol. The quantitative estimate of drug-likeness (QED) is 0.239. The Hall–Kier alpha value is -1.59. The first-order valence-corrected chi connectivity index (χ1v) is 13.6. The van der Waals surface area contributed by atoms with Crippen molar-refractivity contribution in [1.82, 2.24) is 0 Å². The number of benzene rings is 2. The van der Waals surface area contributed by atoms with Gasteiger partial charge < -0.3 is 0 Å². The Morgan fingerprint density at radius 2 is 1.55 bits per heavy atom. The normalized spacial score (nSPS) is 13.9. The molecule has 5 aromatic rings. The number of fused-ring (bicyclic) bond motifs is 6. The summed E-state index contributed by atoms with van der Waals surface area (Å²) in [4.78, 5) is 6.05. The van der Waals surface area contributed by atoms with Crippen LogP contribution in [0.25, 0.3) is 41.1 Å². The highest BCUT2D eigenvalue weighted by Crippen LogP contribution is 2.54. The molecule has 7 rings (SSSR count). The predicted octanol–water partition coefficient (Wildman–Crippen LogP) is 8.74. The maximum absolute atomic E-state index is 2.42. The number of hydrogen-bond donors (Lipinski definition) is 0. The van der Waals surface area contributed by atoms with Crippen LogP contribution in [0.15, 0.2) is 40.6 Å². The molecule has 0 unspecified atom stereocenters.